The molecule has 3 heteroatoms. The third kappa shape index (κ3) is 4.13. The highest BCUT2D eigenvalue weighted by Crippen LogP contribution is 2.39. The van der Waals surface area contributed by atoms with Gasteiger partial charge in [0.05, 0.1) is 7.11 Å². The fraction of sp³-hybridized carbons (Fsp3) is 0.667. The minimum absolute atomic E-state index is 0.199. The number of benzene rings is 1. The van der Waals surface area contributed by atoms with Gasteiger partial charge in [0.25, 0.3) is 0 Å². The molecular weight excluding hydrogens is 262 g/mol. The SMILES string of the molecule is CCNC1CCC(C)(C)CC1Oc1ccc(C)cc1OC. The van der Waals surface area contributed by atoms with Crippen molar-refractivity contribution < 1.29 is 9.47 Å². The summed E-state index contributed by atoms with van der Waals surface area (Å²) >= 11 is 0. The van der Waals surface area contributed by atoms with Gasteiger partial charge in [0, 0.05) is 6.04 Å². The molecule has 1 aliphatic carbocycles. The minimum Gasteiger partial charge on any atom is -0.493 e. The highest BCUT2D eigenvalue weighted by Gasteiger charge is 2.36. The van der Waals surface area contributed by atoms with E-state index < -0.39 is 0 Å². The Morgan fingerprint density at radius 1 is 1.29 bits per heavy atom. The molecule has 0 saturated heterocycles. The van der Waals surface area contributed by atoms with Gasteiger partial charge >= 0.3 is 0 Å². The number of nitrogens with one attached hydrogen (secondary N) is 1. The van der Waals surface area contributed by atoms with Crippen LogP contribution >= 0.6 is 0 Å². The molecule has 1 N–H and O–H groups in total. The second-order valence-corrected chi connectivity index (χ2v) is 6.88. The maximum Gasteiger partial charge on any atom is 0.161 e. The van der Waals surface area contributed by atoms with Gasteiger partial charge in [-0.1, -0.05) is 26.8 Å². The van der Waals surface area contributed by atoms with E-state index in [9.17, 15) is 0 Å². The van der Waals surface area contributed by atoms with Crippen molar-refractivity contribution in [1.82, 2.24) is 5.32 Å². The molecule has 2 rings (SSSR count). The molecule has 1 saturated carbocycles. The van der Waals surface area contributed by atoms with Gasteiger partial charge in [-0.25, -0.2) is 0 Å². The number of likely N-dealkylation sites (N-methyl/N-ethyl adjacent to an activating group) is 1. The maximum atomic E-state index is 6.35. The average Bonchev–Trinajstić information content (AvgIpc) is 2.43. The van der Waals surface area contributed by atoms with Crippen molar-refractivity contribution in [3.05, 3.63) is 23.8 Å². The van der Waals surface area contributed by atoms with E-state index in [0.29, 0.717) is 11.5 Å². The minimum atomic E-state index is 0.199. The molecule has 0 spiro atoms. The molecular formula is C18H29NO2. The van der Waals surface area contributed by atoms with E-state index in [1.807, 2.05) is 12.1 Å². The molecule has 0 radical (unpaired) electrons. The second kappa shape index (κ2) is 6.69. The summed E-state index contributed by atoms with van der Waals surface area (Å²) in [6.07, 6.45) is 3.68. The molecule has 2 unspecified atom stereocenters. The van der Waals surface area contributed by atoms with E-state index in [-0.39, 0.29) is 6.10 Å². The number of methoxy groups -OCH3 is 1. The molecule has 2 atom stereocenters. The summed E-state index contributed by atoms with van der Waals surface area (Å²) in [5, 5.41) is 3.58. The van der Waals surface area contributed by atoms with Crippen LogP contribution in [-0.2, 0) is 0 Å². The van der Waals surface area contributed by atoms with Gasteiger partial charge in [0.1, 0.15) is 6.10 Å². The Labute approximate surface area is 129 Å². The summed E-state index contributed by atoms with van der Waals surface area (Å²) in [7, 11) is 1.70. The van der Waals surface area contributed by atoms with Crippen LogP contribution in [-0.4, -0.2) is 25.8 Å². The Hall–Kier alpha value is -1.22. The number of rotatable bonds is 5. The molecule has 1 aliphatic rings. The summed E-state index contributed by atoms with van der Waals surface area (Å²) in [6.45, 7) is 9.87. The van der Waals surface area contributed by atoms with E-state index in [1.54, 1.807) is 7.11 Å². The molecule has 0 amide bonds. The van der Waals surface area contributed by atoms with E-state index in [1.165, 1.54) is 18.4 Å². The van der Waals surface area contributed by atoms with E-state index in [4.69, 9.17) is 9.47 Å². The lowest BCUT2D eigenvalue weighted by Crippen LogP contribution is -2.49. The summed E-state index contributed by atoms with van der Waals surface area (Å²) in [5.41, 5.74) is 1.53. The van der Waals surface area contributed by atoms with Crippen LogP contribution in [0.1, 0.15) is 45.6 Å². The largest absolute Gasteiger partial charge is 0.493 e. The van der Waals surface area contributed by atoms with Crippen molar-refractivity contribution in [2.45, 2.75) is 59.1 Å². The van der Waals surface area contributed by atoms with Crippen LogP contribution in [0.3, 0.4) is 0 Å². The van der Waals surface area contributed by atoms with Crippen LogP contribution in [0.5, 0.6) is 11.5 Å². The Kier molecular flexibility index (Phi) is 5.15. The lowest BCUT2D eigenvalue weighted by atomic mass is 9.74. The normalized spacial score (nSPS) is 24.6. The molecule has 0 heterocycles. The predicted molar refractivity (Wildman–Crippen MR) is 87.2 cm³/mol. The van der Waals surface area contributed by atoms with Crippen LogP contribution in [0, 0.1) is 12.3 Å². The van der Waals surface area contributed by atoms with E-state index in [0.717, 1.165) is 24.5 Å². The quantitative estimate of drug-likeness (QED) is 0.891. The first-order valence-electron chi connectivity index (χ1n) is 8.00. The zero-order valence-electron chi connectivity index (χ0n) is 14.0. The highest BCUT2D eigenvalue weighted by atomic mass is 16.5. The Morgan fingerprint density at radius 3 is 2.71 bits per heavy atom. The van der Waals surface area contributed by atoms with Gasteiger partial charge in [0.15, 0.2) is 11.5 Å². The number of aryl methyl sites for hydroxylation is 1. The summed E-state index contributed by atoms with van der Waals surface area (Å²) in [4.78, 5) is 0. The number of hydrogen-bond donors (Lipinski definition) is 1. The van der Waals surface area contributed by atoms with Gasteiger partial charge in [-0.3, -0.25) is 0 Å². The van der Waals surface area contributed by atoms with Crippen molar-refractivity contribution in [3.8, 4) is 11.5 Å². The van der Waals surface area contributed by atoms with Crippen molar-refractivity contribution >= 4 is 0 Å². The Morgan fingerprint density at radius 2 is 2.05 bits per heavy atom. The second-order valence-electron chi connectivity index (χ2n) is 6.88. The van der Waals surface area contributed by atoms with Gasteiger partial charge in [-0.2, -0.15) is 0 Å². The topological polar surface area (TPSA) is 30.5 Å². The zero-order chi connectivity index (χ0) is 15.5. The van der Waals surface area contributed by atoms with Gasteiger partial charge in [0.2, 0.25) is 0 Å². The lowest BCUT2D eigenvalue weighted by molar-refractivity contribution is 0.0517. The molecule has 118 valence electrons. The Balaban J connectivity index is 2.17. The van der Waals surface area contributed by atoms with E-state index in [2.05, 4.69) is 39.1 Å². The van der Waals surface area contributed by atoms with Crippen molar-refractivity contribution in [1.29, 1.82) is 0 Å². The summed E-state index contributed by atoms with van der Waals surface area (Å²) in [6, 6.07) is 6.56. The standard InChI is InChI=1S/C18H29NO2/c1-6-19-14-9-10-18(3,4)12-17(14)21-15-8-7-13(2)11-16(15)20-5/h7-8,11,14,17,19H,6,9-10,12H2,1-5H3. The first-order valence-corrected chi connectivity index (χ1v) is 8.00. The first kappa shape index (κ1) is 16.2. The maximum absolute atomic E-state index is 6.35. The number of hydrogen-bond acceptors (Lipinski definition) is 3. The fourth-order valence-corrected chi connectivity index (χ4v) is 3.18. The molecule has 0 aromatic heterocycles. The highest BCUT2D eigenvalue weighted by molar-refractivity contribution is 5.42. The van der Waals surface area contributed by atoms with Crippen molar-refractivity contribution in [2.75, 3.05) is 13.7 Å². The van der Waals surface area contributed by atoms with Gasteiger partial charge in [-0.05, 0) is 55.8 Å². The summed E-state index contributed by atoms with van der Waals surface area (Å²) in [5.74, 6) is 1.68. The molecule has 1 aromatic rings. The smallest absolute Gasteiger partial charge is 0.161 e. The van der Waals surface area contributed by atoms with Gasteiger partial charge < -0.3 is 14.8 Å². The monoisotopic (exact) mass is 291 g/mol. The number of ether oxygens (including phenoxy) is 2. The van der Waals surface area contributed by atoms with Crippen LogP contribution in [0.2, 0.25) is 0 Å². The third-order valence-corrected chi connectivity index (χ3v) is 4.40. The molecule has 0 aliphatic heterocycles. The van der Waals surface area contributed by atoms with Gasteiger partial charge in [-0.15, -0.1) is 0 Å². The van der Waals surface area contributed by atoms with Crippen molar-refractivity contribution in [2.24, 2.45) is 5.41 Å². The van der Waals surface area contributed by atoms with Crippen LogP contribution in [0.15, 0.2) is 18.2 Å². The molecule has 1 aromatic carbocycles. The summed E-state index contributed by atoms with van der Waals surface area (Å²) < 4.78 is 11.8. The lowest BCUT2D eigenvalue weighted by Gasteiger charge is -2.41. The molecule has 0 bridgehead atoms. The van der Waals surface area contributed by atoms with E-state index >= 15 is 0 Å². The molecule has 3 nitrogen and oxygen atoms in total. The fourth-order valence-electron chi connectivity index (χ4n) is 3.18. The van der Waals surface area contributed by atoms with Crippen molar-refractivity contribution in [3.63, 3.8) is 0 Å². The average molecular weight is 291 g/mol. The van der Waals surface area contributed by atoms with Crippen LogP contribution in [0.25, 0.3) is 0 Å². The third-order valence-electron chi connectivity index (χ3n) is 4.40. The predicted octanol–water partition coefficient (Wildman–Crippen LogP) is 3.94. The molecule has 21 heavy (non-hydrogen) atoms. The zero-order valence-corrected chi connectivity index (χ0v) is 14.0. The first-order chi connectivity index (χ1) is 9.95. The Bertz CT molecular complexity index is 470. The molecule has 1 fully saturated rings. The van der Waals surface area contributed by atoms with Crippen LogP contribution < -0.4 is 14.8 Å². The van der Waals surface area contributed by atoms with Crippen LogP contribution in [0.4, 0.5) is 0 Å².